The molecule has 7 nitrogen and oxygen atoms in total. The maximum Gasteiger partial charge on any atom is 0.226 e. The molecule has 7 heteroatoms. The number of methoxy groups -OCH3 is 2. The number of aromatic nitrogens is 2. The van der Waals surface area contributed by atoms with E-state index in [9.17, 15) is 9.59 Å². The number of anilines is 1. The zero-order valence-electron chi connectivity index (χ0n) is 14.6. The third kappa shape index (κ3) is 3.66. The summed E-state index contributed by atoms with van der Waals surface area (Å²) in [5.74, 6) is 0.978. The van der Waals surface area contributed by atoms with E-state index in [1.54, 1.807) is 42.1 Å². The first kappa shape index (κ1) is 17.5. The Bertz CT molecular complexity index is 997. The number of para-hydroxylation sites is 1. The maximum absolute atomic E-state index is 12.3. The summed E-state index contributed by atoms with van der Waals surface area (Å²) in [6.07, 6.45) is 1.47. The Balaban J connectivity index is 1.72. The van der Waals surface area contributed by atoms with Gasteiger partial charge in [-0.15, -0.1) is 0 Å². The van der Waals surface area contributed by atoms with Crippen molar-refractivity contribution in [3.05, 3.63) is 58.9 Å². The Labute approximate surface area is 150 Å². The van der Waals surface area contributed by atoms with Crippen LogP contribution in [0.1, 0.15) is 6.42 Å². The summed E-state index contributed by atoms with van der Waals surface area (Å²) in [5, 5.41) is 7.53. The lowest BCUT2D eigenvalue weighted by Crippen LogP contribution is -2.18. The SMILES string of the molecule is COc1ccc(NC(=O)CCn2ncc(=O)c3ccccc32)c(OC)c1. The lowest BCUT2D eigenvalue weighted by atomic mass is 10.2. The number of aryl methyl sites for hydroxylation is 1. The quantitative estimate of drug-likeness (QED) is 0.736. The van der Waals surface area contributed by atoms with Crippen LogP contribution < -0.4 is 20.2 Å². The van der Waals surface area contributed by atoms with Gasteiger partial charge in [-0.25, -0.2) is 0 Å². The van der Waals surface area contributed by atoms with Crippen LogP contribution >= 0.6 is 0 Å². The molecule has 0 saturated carbocycles. The number of hydrogen-bond acceptors (Lipinski definition) is 5. The molecule has 0 unspecified atom stereocenters. The van der Waals surface area contributed by atoms with E-state index in [1.807, 2.05) is 12.1 Å². The number of ether oxygens (including phenoxy) is 2. The van der Waals surface area contributed by atoms with Gasteiger partial charge >= 0.3 is 0 Å². The number of nitrogens with one attached hydrogen (secondary N) is 1. The van der Waals surface area contributed by atoms with Crippen molar-refractivity contribution in [3.8, 4) is 11.5 Å². The number of carbonyl (C=O) groups is 1. The first-order chi connectivity index (χ1) is 12.6. The van der Waals surface area contributed by atoms with E-state index in [1.165, 1.54) is 13.3 Å². The molecule has 0 aliphatic rings. The summed E-state index contributed by atoms with van der Waals surface area (Å²) in [7, 11) is 3.09. The summed E-state index contributed by atoms with van der Waals surface area (Å²) in [6.45, 7) is 0.352. The highest BCUT2D eigenvalue weighted by Gasteiger charge is 2.10. The molecule has 134 valence electrons. The van der Waals surface area contributed by atoms with E-state index >= 15 is 0 Å². The third-order valence-corrected chi connectivity index (χ3v) is 4.00. The molecule has 0 aliphatic carbocycles. The van der Waals surface area contributed by atoms with Gasteiger partial charge in [-0.1, -0.05) is 12.1 Å². The van der Waals surface area contributed by atoms with Crippen molar-refractivity contribution < 1.29 is 14.3 Å². The molecule has 2 aromatic carbocycles. The second kappa shape index (κ2) is 7.69. The van der Waals surface area contributed by atoms with Crippen LogP contribution in [-0.4, -0.2) is 29.9 Å². The lowest BCUT2D eigenvalue weighted by molar-refractivity contribution is -0.116. The monoisotopic (exact) mass is 353 g/mol. The molecular weight excluding hydrogens is 334 g/mol. The highest BCUT2D eigenvalue weighted by molar-refractivity contribution is 5.92. The number of benzene rings is 2. The number of carbonyl (C=O) groups excluding carboxylic acids is 1. The van der Waals surface area contributed by atoms with Crippen molar-refractivity contribution in [2.45, 2.75) is 13.0 Å². The highest BCUT2D eigenvalue weighted by Crippen LogP contribution is 2.29. The standard InChI is InChI=1S/C19H19N3O4/c1-25-13-7-8-15(18(11-13)26-2)21-19(24)9-10-22-16-6-4-3-5-14(16)17(23)12-20-22/h3-8,11-12H,9-10H2,1-2H3,(H,21,24). The topological polar surface area (TPSA) is 82.5 Å². The lowest BCUT2D eigenvalue weighted by Gasteiger charge is -2.12. The van der Waals surface area contributed by atoms with Gasteiger partial charge in [0, 0.05) is 17.9 Å². The molecule has 0 radical (unpaired) electrons. The third-order valence-electron chi connectivity index (χ3n) is 4.00. The van der Waals surface area contributed by atoms with E-state index in [-0.39, 0.29) is 17.8 Å². The normalized spacial score (nSPS) is 10.5. The van der Waals surface area contributed by atoms with Crippen molar-refractivity contribution in [2.75, 3.05) is 19.5 Å². The van der Waals surface area contributed by atoms with Gasteiger partial charge in [-0.2, -0.15) is 5.10 Å². The minimum Gasteiger partial charge on any atom is -0.497 e. The van der Waals surface area contributed by atoms with Gasteiger partial charge in [0.1, 0.15) is 11.5 Å². The molecule has 0 atom stereocenters. The zero-order chi connectivity index (χ0) is 18.5. The highest BCUT2D eigenvalue weighted by atomic mass is 16.5. The fraction of sp³-hybridized carbons (Fsp3) is 0.211. The van der Waals surface area contributed by atoms with Crippen LogP contribution in [0, 0.1) is 0 Å². The maximum atomic E-state index is 12.3. The number of fused-ring (bicyclic) bond motifs is 1. The average Bonchev–Trinajstić information content (AvgIpc) is 2.68. The minimum absolute atomic E-state index is 0.135. The van der Waals surface area contributed by atoms with Crippen LogP contribution in [-0.2, 0) is 11.3 Å². The Morgan fingerprint density at radius 2 is 1.96 bits per heavy atom. The predicted octanol–water partition coefficient (Wildman–Crippen LogP) is 2.44. The molecule has 1 aromatic heterocycles. The average molecular weight is 353 g/mol. The van der Waals surface area contributed by atoms with Gasteiger partial charge < -0.3 is 14.8 Å². The fourth-order valence-electron chi connectivity index (χ4n) is 2.66. The molecule has 3 rings (SSSR count). The first-order valence-electron chi connectivity index (χ1n) is 8.09. The molecule has 1 amide bonds. The second-order valence-corrected chi connectivity index (χ2v) is 5.61. The number of rotatable bonds is 6. The fourth-order valence-corrected chi connectivity index (χ4v) is 2.66. The summed E-state index contributed by atoms with van der Waals surface area (Å²) in [6, 6.07) is 12.4. The van der Waals surface area contributed by atoms with Crippen LogP contribution in [0.15, 0.2) is 53.5 Å². The Morgan fingerprint density at radius 1 is 1.15 bits per heavy atom. The summed E-state index contributed by atoms with van der Waals surface area (Å²) in [5.41, 5.74) is 1.13. The zero-order valence-corrected chi connectivity index (χ0v) is 14.6. The first-order valence-corrected chi connectivity index (χ1v) is 8.09. The van der Waals surface area contributed by atoms with Crippen LogP contribution in [0.5, 0.6) is 11.5 Å². The number of nitrogens with zero attached hydrogens (tertiary/aromatic N) is 2. The van der Waals surface area contributed by atoms with Gasteiger partial charge in [0.05, 0.1) is 38.2 Å². The molecule has 0 spiro atoms. The van der Waals surface area contributed by atoms with E-state index in [0.717, 1.165) is 0 Å². The molecular formula is C19H19N3O4. The molecule has 1 heterocycles. The Kier molecular flexibility index (Phi) is 5.17. The van der Waals surface area contributed by atoms with Crippen molar-refractivity contribution in [3.63, 3.8) is 0 Å². The summed E-state index contributed by atoms with van der Waals surface area (Å²) in [4.78, 5) is 24.2. The van der Waals surface area contributed by atoms with Crippen LogP contribution in [0.3, 0.4) is 0 Å². The number of hydrogen-bond donors (Lipinski definition) is 1. The Morgan fingerprint density at radius 3 is 2.73 bits per heavy atom. The van der Waals surface area contributed by atoms with E-state index in [0.29, 0.717) is 34.6 Å². The predicted molar refractivity (Wildman–Crippen MR) is 98.8 cm³/mol. The van der Waals surface area contributed by atoms with Crippen molar-refractivity contribution in [1.29, 1.82) is 0 Å². The van der Waals surface area contributed by atoms with Gasteiger partial charge in [0.15, 0.2) is 0 Å². The molecule has 3 aromatic rings. The van der Waals surface area contributed by atoms with Crippen molar-refractivity contribution in [2.24, 2.45) is 0 Å². The second-order valence-electron chi connectivity index (χ2n) is 5.61. The summed E-state index contributed by atoms with van der Waals surface area (Å²) < 4.78 is 12.1. The molecule has 0 saturated heterocycles. The van der Waals surface area contributed by atoms with Crippen LogP contribution in [0.2, 0.25) is 0 Å². The van der Waals surface area contributed by atoms with Gasteiger partial charge in [0.25, 0.3) is 0 Å². The molecule has 0 fully saturated rings. The van der Waals surface area contributed by atoms with E-state index in [4.69, 9.17) is 9.47 Å². The van der Waals surface area contributed by atoms with E-state index in [2.05, 4.69) is 10.4 Å². The van der Waals surface area contributed by atoms with Crippen molar-refractivity contribution in [1.82, 2.24) is 9.78 Å². The summed E-state index contributed by atoms with van der Waals surface area (Å²) >= 11 is 0. The molecule has 0 bridgehead atoms. The van der Waals surface area contributed by atoms with Crippen LogP contribution in [0.4, 0.5) is 5.69 Å². The van der Waals surface area contributed by atoms with Gasteiger partial charge in [0.2, 0.25) is 11.3 Å². The van der Waals surface area contributed by atoms with Crippen LogP contribution in [0.25, 0.3) is 10.9 Å². The smallest absolute Gasteiger partial charge is 0.226 e. The van der Waals surface area contributed by atoms with Crippen molar-refractivity contribution >= 4 is 22.5 Å². The van der Waals surface area contributed by atoms with Gasteiger partial charge in [-0.3, -0.25) is 14.3 Å². The van der Waals surface area contributed by atoms with E-state index < -0.39 is 0 Å². The molecule has 1 N–H and O–H groups in total. The number of amides is 1. The van der Waals surface area contributed by atoms with Gasteiger partial charge in [-0.05, 0) is 24.3 Å². The Hall–Kier alpha value is -3.35. The minimum atomic E-state index is -0.182. The molecule has 26 heavy (non-hydrogen) atoms. The largest absolute Gasteiger partial charge is 0.497 e. The molecule has 0 aliphatic heterocycles.